The first-order valence-corrected chi connectivity index (χ1v) is 11.2. The Kier molecular flexibility index (Phi) is 5.23. The first-order chi connectivity index (χ1) is 11.2. The van der Waals surface area contributed by atoms with Crippen molar-refractivity contribution in [2.24, 2.45) is 0 Å². The van der Waals surface area contributed by atoms with Gasteiger partial charge in [0.2, 0.25) is 9.84 Å². The van der Waals surface area contributed by atoms with Crippen LogP contribution in [0.15, 0.2) is 56.0 Å². The molecule has 0 radical (unpaired) electrons. The van der Waals surface area contributed by atoms with E-state index in [1.807, 2.05) is 0 Å². The van der Waals surface area contributed by atoms with Gasteiger partial charge in [0.15, 0.2) is 0 Å². The summed E-state index contributed by atoms with van der Waals surface area (Å²) in [6.45, 7) is 0. The topological polar surface area (TPSA) is 143 Å². The fourth-order valence-electron chi connectivity index (χ4n) is 1.82. The third kappa shape index (κ3) is 4.14. The molecule has 2 N–H and O–H groups in total. The van der Waals surface area contributed by atoms with E-state index in [1.165, 1.54) is 0 Å². The molecular weight excluding hydrogens is 439 g/mol. The summed E-state index contributed by atoms with van der Waals surface area (Å²) >= 11 is 11.6. The van der Waals surface area contributed by atoms with Crippen LogP contribution in [0.5, 0.6) is 0 Å². The maximum atomic E-state index is 12.7. The zero-order valence-electron chi connectivity index (χ0n) is 11.8. The fraction of sp³-hybridized carbons (Fsp3) is 0. The van der Waals surface area contributed by atoms with E-state index < -0.39 is 49.7 Å². The van der Waals surface area contributed by atoms with Crippen molar-refractivity contribution >= 4 is 53.3 Å². The number of benzene rings is 2. The quantitative estimate of drug-likeness (QED) is 0.680. The Morgan fingerprint density at radius 2 is 0.960 bits per heavy atom. The Bertz CT molecular complexity index is 1080. The minimum atomic E-state index is -4.72. The van der Waals surface area contributed by atoms with Crippen LogP contribution >= 0.6 is 23.2 Å². The van der Waals surface area contributed by atoms with Gasteiger partial charge in [-0.3, -0.25) is 9.11 Å². The lowest BCUT2D eigenvalue weighted by Gasteiger charge is -2.10. The van der Waals surface area contributed by atoms with Gasteiger partial charge in [-0.25, -0.2) is 8.42 Å². The second kappa shape index (κ2) is 6.50. The number of sulfone groups is 1. The first kappa shape index (κ1) is 20.1. The molecule has 0 heterocycles. The Balaban J connectivity index is 2.81. The summed E-state index contributed by atoms with van der Waals surface area (Å²) in [6, 6.07) is 4.82. The molecule has 0 saturated heterocycles. The molecule has 13 heteroatoms. The van der Waals surface area contributed by atoms with Crippen LogP contribution in [0.4, 0.5) is 0 Å². The van der Waals surface area contributed by atoms with Crippen molar-refractivity contribution in [2.45, 2.75) is 19.6 Å². The summed E-state index contributed by atoms with van der Waals surface area (Å²) in [4.78, 5) is -2.92. The molecule has 0 unspecified atom stereocenters. The normalized spacial score (nSPS) is 13.0. The van der Waals surface area contributed by atoms with Crippen LogP contribution in [0, 0.1) is 0 Å². The van der Waals surface area contributed by atoms with E-state index >= 15 is 0 Å². The van der Waals surface area contributed by atoms with Gasteiger partial charge in [-0.1, -0.05) is 23.2 Å². The van der Waals surface area contributed by atoms with Crippen LogP contribution in [0.25, 0.3) is 0 Å². The molecular formula is C12H8Cl2O8S3. The van der Waals surface area contributed by atoms with E-state index in [1.54, 1.807) is 0 Å². The highest BCUT2D eigenvalue weighted by atomic mass is 35.5. The van der Waals surface area contributed by atoms with Crippen molar-refractivity contribution in [1.82, 2.24) is 0 Å². The predicted octanol–water partition coefficient (Wildman–Crippen LogP) is 2.32. The molecule has 0 amide bonds. The van der Waals surface area contributed by atoms with Gasteiger partial charge in [0.1, 0.15) is 0 Å². The molecule has 2 rings (SSSR count). The Hall–Kier alpha value is -1.21. The molecule has 8 nitrogen and oxygen atoms in total. The summed E-state index contributed by atoms with van der Waals surface area (Å²) in [5.41, 5.74) is 0. The van der Waals surface area contributed by atoms with Crippen molar-refractivity contribution in [1.29, 1.82) is 0 Å². The van der Waals surface area contributed by atoms with E-state index in [2.05, 4.69) is 0 Å². The monoisotopic (exact) mass is 446 g/mol. The van der Waals surface area contributed by atoms with Gasteiger partial charge in [-0.2, -0.15) is 16.8 Å². The average molecular weight is 447 g/mol. The molecule has 25 heavy (non-hydrogen) atoms. The highest BCUT2D eigenvalue weighted by Gasteiger charge is 2.27. The third-order valence-corrected chi connectivity index (χ3v) is 7.40. The first-order valence-electron chi connectivity index (χ1n) is 6.04. The van der Waals surface area contributed by atoms with Gasteiger partial charge in [0.25, 0.3) is 20.2 Å². The maximum Gasteiger partial charge on any atom is 0.294 e. The van der Waals surface area contributed by atoms with Crippen LogP contribution in [-0.2, 0) is 30.1 Å². The second-order valence-electron chi connectivity index (χ2n) is 4.64. The van der Waals surface area contributed by atoms with E-state index in [-0.39, 0.29) is 10.0 Å². The van der Waals surface area contributed by atoms with Gasteiger partial charge in [-0.15, -0.1) is 0 Å². The van der Waals surface area contributed by atoms with Crippen molar-refractivity contribution in [3.05, 3.63) is 46.4 Å². The van der Waals surface area contributed by atoms with Crippen molar-refractivity contribution < 1.29 is 34.4 Å². The SMILES string of the molecule is O=S(=O)(O)c1ccc(Cl)c(S(=O)(=O)c2cc(S(=O)(=O)O)ccc2Cl)c1. The summed E-state index contributed by atoms with van der Waals surface area (Å²) in [5.74, 6) is 0. The highest BCUT2D eigenvalue weighted by Crippen LogP contribution is 2.34. The van der Waals surface area contributed by atoms with Crippen LogP contribution in [-0.4, -0.2) is 34.4 Å². The Morgan fingerprint density at radius 1 is 0.640 bits per heavy atom. The molecule has 0 saturated carbocycles. The minimum Gasteiger partial charge on any atom is -0.282 e. The number of hydrogen-bond donors (Lipinski definition) is 2. The van der Waals surface area contributed by atoms with Gasteiger partial charge in [-0.05, 0) is 36.4 Å². The summed E-state index contributed by atoms with van der Waals surface area (Å²) in [6.07, 6.45) is 0. The molecule has 0 aliphatic rings. The Labute approximate surface area is 153 Å². The number of halogens is 2. The lowest BCUT2D eigenvalue weighted by Crippen LogP contribution is -2.08. The molecule has 0 aliphatic carbocycles. The van der Waals surface area contributed by atoms with Crippen LogP contribution < -0.4 is 0 Å². The van der Waals surface area contributed by atoms with E-state index in [0.29, 0.717) is 12.1 Å². The molecule has 0 atom stereocenters. The molecule has 0 bridgehead atoms. The van der Waals surface area contributed by atoms with Crippen LogP contribution in [0.2, 0.25) is 10.0 Å². The van der Waals surface area contributed by atoms with Crippen LogP contribution in [0.1, 0.15) is 0 Å². The fourth-order valence-corrected chi connectivity index (χ4v) is 5.28. The average Bonchev–Trinajstić information content (AvgIpc) is 2.45. The van der Waals surface area contributed by atoms with E-state index in [9.17, 15) is 25.3 Å². The summed E-state index contributed by atoms with van der Waals surface area (Å²) < 4.78 is 88.3. The molecule has 136 valence electrons. The molecule has 0 fully saturated rings. The standard InChI is InChI=1S/C12H8Cl2O8S3/c13-9-3-1-7(24(17,18)19)5-11(9)23(15,16)12-6-8(25(20,21)22)2-4-10(12)14/h1-6H,(H,17,18,19)(H,20,21,22). The lowest BCUT2D eigenvalue weighted by molar-refractivity contribution is 0.480. The Morgan fingerprint density at radius 3 is 1.24 bits per heavy atom. The predicted molar refractivity (Wildman–Crippen MR) is 88.0 cm³/mol. The van der Waals surface area contributed by atoms with Gasteiger partial charge in [0.05, 0.1) is 29.6 Å². The van der Waals surface area contributed by atoms with Gasteiger partial charge < -0.3 is 0 Å². The van der Waals surface area contributed by atoms with Crippen molar-refractivity contribution in [2.75, 3.05) is 0 Å². The van der Waals surface area contributed by atoms with Gasteiger partial charge >= 0.3 is 0 Å². The maximum absolute atomic E-state index is 12.7. The molecule has 2 aromatic rings. The second-order valence-corrected chi connectivity index (χ2v) is 10.2. The van der Waals surface area contributed by atoms with Crippen molar-refractivity contribution in [3.8, 4) is 0 Å². The van der Waals surface area contributed by atoms with E-state index in [4.69, 9.17) is 32.3 Å². The third-order valence-electron chi connectivity index (χ3n) is 2.98. The zero-order chi connectivity index (χ0) is 19.2. The highest BCUT2D eigenvalue weighted by molar-refractivity contribution is 7.92. The molecule has 0 aliphatic heterocycles. The summed E-state index contributed by atoms with van der Waals surface area (Å²) in [5, 5.41) is -0.776. The van der Waals surface area contributed by atoms with E-state index in [0.717, 1.165) is 24.3 Å². The van der Waals surface area contributed by atoms with Crippen LogP contribution in [0.3, 0.4) is 0 Å². The van der Waals surface area contributed by atoms with Gasteiger partial charge in [0, 0.05) is 0 Å². The molecule has 0 spiro atoms. The minimum absolute atomic E-state index is 0.388. The number of rotatable bonds is 4. The zero-order valence-corrected chi connectivity index (χ0v) is 15.8. The summed E-state index contributed by atoms with van der Waals surface area (Å²) in [7, 11) is -14.0. The molecule has 2 aromatic carbocycles. The number of hydrogen-bond acceptors (Lipinski definition) is 6. The molecule has 0 aromatic heterocycles. The largest absolute Gasteiger partial charge is 0.294 e. The van der Waals surface area contributed by atoms with Crippen molar-refractivity contribution in [3.63, 3.8) is 0 Å². The smallest absolute Gasteiger partial charge is 0.282 e. The lowest BCUT2D eigenvalue weighted by atomic mass is 10.3.